The number of benzene rings is 2. The second kappa shape index (κ2) is 9.42. The number of aryl methyl sites for hydroxylation is 1. The predicted octanol–water partition coefficient (Wildman–Crippen LogP) is 3.80. The summed E-state index contributed by atoms with van der Waals surface area (Å²) in [6, 6.07) is 13.7. The lowest BCUT2D eigenvalue weighted by molar-refractivity contribution is 0.284. The van der Waals surface area contributed by atoms with Gasteiger partial charge in [-0.3, -0.25) is 5.43 Å². The number of hydrogen-bond donors (Lipinski definition) is 2. The first-order chi connectivity index (χ1) is 14.8. The molecule has 0 saturated heterocycles. The van der Waals surface area contributed by atoms with E-state index in [1.54, 1.807) is 13.3 Å². The molecule has 0 radical (unpaired) electrons. The average molecular weight is 422 g/mol. The molecule has 31 heavy (non-hydrogen) atoms. The first kappa shape index (κ1) is 22.0. The topological polar surface area (TPSA) is 101 Å². The van der Waals surface area contributed by atoms with Crippen LogP contribution in [0.3, 0.4) is 0 Å². The first-order valence-electron chi connectivity index (χ1n) is 9.89. The van der Waals surface area contributed by atoms with Crippen molar-refractivity contribution in [3.8, 4) is 11.5 Å². The van der Waals surface area contributed by atoms with Crippen LogP contribution >= 0.6 is 0 Å². The SMILES string of the molecule is COc1cc(/C=N/Nc2nc(=O)[nH]nc2C(C)(C)C)ccc1OCc1ccc(C)cc1. The molecule has 3 aromatic rings. The van der Waals surface area contributed by atoms with Crippen molar-refractivity contribution in [2.75, 3.05) is 12.5 Å². The molecule has 0 amide bonds. The van der Waals surface area contributed by atoms with Crippen LogP contribution in [0.15, 0.2) is 52.4 Å². The standard InChI is InChI=1S/C23H27N5O3/c1-15-6-8-16(9-7-15)14-31-18-11-10-17(12-19(18)30-5)13-24-27-21-20(23(2,3)4)26-28-22(29)25-21/h6-13H,14H2,1-5H3,(H2,25,27,28,29)/b24-13+. The van der Waals surface area contributed by atoms with Crippen LogP contribution in [0.1, 0.15) is 43.2 Å². The molecule has 8 heteroatoms. The highest BCUT2D eigenvalue weighted by atomic mass is 16.5. The molecule has 0 aliphatic carbocycles. The fourth-order valence-electron chi connectivity index (χ4n) is 2.83. The Bertz CT molecular complexity index is 1120. The van der Waals surface area contributed by atoms with Crippen LogP contribution in [0.2, 0.25) is 0 Å². The molecule has 2 aromatic carbocycles. The smallest absolute Gasteiger partial charge is 0.363 e. The maximum atomic E-state index is 11.6. The minimum absolute atomic E-state index is 0.311. The lowest BCUT2D eigenvalue weighted by atomic mass is 9.92. The Morgan fingerprint density at radius 1 is 1.13 bits per heavy atom. The molecule has 0 aliphatic heterocycles. The molecule has 0 unspecified atom stereocenters. The summed E-state index contributed by atoms with van der Waals surface area (Å²) in [4.78, 5) is 15.5. The van der Waals surface area contributed by atoms with Crippen molar-refractivity contribution in [1.29, 1.82) is 0 Å². The number of aromatic amines is 1. The molecule has 1 heterocycles. The molecule has 0 atom stereocenters. The molecule has 162 valence electrons. The Labute approximate surface area is 181 Å². The van der Waals surface area contributed by atoms with Gasteiger partial charge >= 0.3 is 5.69 Å². The fourth-order valence-corrected chi connectivity index (χ4v) is 2.83. The minimum Gasteiger partial charge on any atom is -0.493 e. The fraction of sp³-hybridized carbons (Fsp3) is 0.304. The quantitative estimate of drug-likeness (QED) is 0.444. The number of nitrogens with zero attached hydrogens (tertiary/aromatic N) is 3. The second-order valence-corrected chi connectivity index (χ2v) is 8.14. The van der Waals surface area contributed by atoms with Gasteiger partial charge in [0.25, 0.3) is 0 Å². The molecule has 3 rings (SSSR count). The van der Waals surface area contributed by atoms with Gasteiger partial charge in [0, 0.05) is 5.41 Å². The lowest BCUT2D eigenvalue weighted by Gasteiger charge is -2.18. The van der Waals surface area contributed by atoms with Gasteiger partial charge in [-0.15, -0.1) is 0 Å². The van der Waals surface area contributed by atoms with E-state index in [9.17, 15) is 4.79 Å². The second-order valence-electron chi connectivity index (χ2n) is 8.14. The summed E-state index contributed by atoms with van der Waals surface area (Å²) in [6.45, 7) is 8.43. The van der Waals surface area contributed by atoms with Crippen molar-refractivity contribution in [3.63, 3.8) is 0 Å². The Balaban J connectivity index is 1.71. The van der Waals surface area contributed by atoms with Crippen molar-refractivity contribution in [3.05, 3.63) is 75.3 Å². The maximum absolute atomic E-state index is 11.6. The summed E-state index contributed by atoms with van der Waals surface area (Å²) >= 11 is 0. The zero-order valence-corrected chi connectivity index (χ0v) is 18.4. The van der Waals surface area contributed by atoms with E-state index in [0.29, 0.717) is 29.6 Å². The molecule has 8 nitrogen and oxygen atoms in total. The number of rotatable bonds is 7. The number of hydrazone groups is 1. The first-order valence-corrected chi connectivity index (χ1v) is 9.89. The highest BCUT2D eigenvalue weighted by Gasteiger charge is 2.21. The summed E-state index contributed by atoms with van der Waals surface area (Å²) in [7, 11) is 1.59. The van der Waals surface area contributed by atoms with Crippen molar-refractivity contribution in [1.82, 2.24) is 15.2 Å². The van der Waals surface area contributed by atoms with Crippen molar-refractivity contribution in [2.24, 2.45) is 5.10 Å². The van der Waals surface area contributed by atoms with E-state index in [0.717, 1.165) is 11.1 Å². The van der Waals surface area contributed by atoms with E-state index in [1.807, 2.05) is 51.1 Å². The third kappa shape index (κ3) is 5.91. The van der Waals surface area contributed by atoms with E-state index in [2.05, 4.69) is 44.8 Å². The van der Waals surface area contributed by atoms with E-state index in [-0.39, 0.29) is 5.41 Å². The van der Waals surface area contributed by atoms with Crippen LogP contribution in [-0.4, -0.2) is 28.5 Å². The van der Waals surface area contributed by atoms with Gasteiger partial charge in [-0.25, -0.2) is 9.89 Å². The normalized spacial score (nSPS) is 11.5. The van der Waals surface area contributed by atoms with Gasteiger partial charge in [0.2, 0.25) is 0 Å². The summed E-state index contributed by atoms with van der Waals surface area (Å²) < 4.78 is 11.4. The Kier molecular flexibility index (Phi) is 6.69. The van der Waals surface area contributed by atoms with Gasteiger partial charge < -0.3 is 9.47 Å². The van der Waals surface area contributed by atoms with E-state index in [4.69, 9.17) is 9.47 Å². The third-order valence-electron chi connectivity index (χ3n) is 4.50. The van der Waals surface area contributed by atoms with E-state index >= 15 is 0 Å². The summed E-state index contributed by atoms with van der Waals surface area (Å²) in [6.07, 6.45) is 1.61. The largest absolute Gasteiger partial charge is 0.493 e. The van der Waals surface area contributed by atoms with Gasteiger partial charge in [-0.2, -0.15) is 15.2 Å². The molecule has 0 spiro atoms. The van der Waals surface area contributed by atoms with Gasteiger partial charge in [0.15, 0.2) is 17.3 Å². The van der Waals surface area contributed by atoms with E-state index in [1.165, 1.54) is 5.56 Å². The van der Waals surface area contributed by atoms with Gasteiger partial charge in [-0.05, 0) is 36.2 Å². The van der Waals surface area contributed by atoms with Crippen LogP contribution in [-0.2, 0) is 12.0 Å². The van der Waals surface area contributed by atoms with Crippen molar-refractivity contribution < 1.29 is 9.47 Å². The third-order valence-corrected chi connectivity index (χ3v) is 4.50. The zero-order chi connectivity index (χ0) is 22.4. The molecule has 0 bridgehead atoms. The monoisotopic (exact) mass is 421 g/mol. The average Bonchev–Trinajstić information content (AvgIpc) is 2.73. The highest BCUT2D eigenvalue weighted by Crippen LogP contribution is 2.28. The summed E-state index contributed by atoms with van der Waals surface area (Å²) in [5, 5.41) is 10.7. The Morgan fingerprint density at radius 2 is 1.87 bits per heavy atom. The Hall–Kier alpha value is -3.68. The highest BCUT2D eigenvalue weighted by molar-refractivity contribution is 5.81. The number of aromatic nitrogens is 3. The van der Waals surface area contributed by atoms with Gasteiger partial charge in [0.05, 0.1) is 13.3 Å². The van der Waals surface area contributed by atoms with Crippen LogP contribution < -0.4 is 20.6 Å². The van der Waals surface area contributed by atoms with Crippen LogP contribution in [0.5, 0.6) is 11.5 Å². The van der Waals surface area contributed by atoms with Crippen LogP contribution in [0.25, 0.3) is 0 Å². The maximum Gasteiger partial charge on any atom is 0.363 e. The molecule has 2 N–H and O–H groups in total. The minimum atomic E-state index is -0.539. The van der Waals surface area contributed by atoms with Crippen molar-refractivity contribution >= 4 is 12.0 Å². The number of nitrogens with one attached hydrogen (secondary N) is 2. The lowest BCUT2D eigenvalue weighted by Crippen LogP contribution is -2.24. The summed E-state index contributed by atoms with van der Waals surface area (Å²) in [5.41, 5.74) is 5.66. The predicted molar refractivity (Wildman–Crippen MR) is 121 cm³/mol. The summed E-state index contributed by atoms with van der Waals surface area (Å²) in [5.74, 6) is 1.56. The van der Waals surface area contributed by atoms with Crippen LogP contribution in [0.4, 0.5) is 5.82 Å². The molecular formula is C23H27N5O3. The number of hydrogen-bond acceptors (Lipinski definition) is 7. The van der Waals surface area contributed by atoms with Gasteiger partial charge in [-0.1, -0.05) is 50.6 Å². The molecule has 0 aliphatic rings. The number of ether oxygens (including phenoxy) is 2. The zero-order valence-electron chi connectivity index (χ0n) is 18.4. The number of H-pyrrole nitrogens is 1. The number of anilines is 1. The molecule has 0 fully saturated rings. The molecule has 1 aromatic heterocycles. The molecular weight excluding hydrogens is 394 g/mol. The van der Waals surface area contributed by atoms with E-state index < -0.39 is 5.69 Å². The van der Waals surface area contributed by atoms with Crippen LogP contribution in [0, 0.1) is 6.92 Å². The Morgan fingerprint density at radius 3 is 2.55 bits per heavy atom. The molecule has 0 saturated carbocycles. The van der Waals surface area contributed by atoms with Crippen molar-refractivity contribution in [2.45, 2.75) is 39.7 Å². The number of methoxy groups -OCH3 is 1. The van der Waals surface area contributed by atoms with Gasteiger partial charge in [0.1, 0.15) is 12.3 Å².